The van der Waals surface area contributed by atoms with Gasteiger partial charge in [0.2, 0.25) is 0 Å². The van der Waals surface area contributed by atoms with Crippen molar-refractivity contribution in [3.8, 4) is 0 Å². The molecule has 2 nitrogen and oxygen atoms in total. The first kappa shape index (κ1) is 11.6. The molecule has 0 bridgehead atoms. The second-order valence-electron chi connectivity index (χ2n) is 2.42. The molecule has 0 spiro atoms. The first-order valence-corrected chi connectivity index (χ1v) is 6.36. The Morgan fingerprint density at radius 3 is 2.79 bits per heavy atom. The van der Waals surface area contributed by atoms with E-state index in [1.165, 1.54) is 0 Å². The Bertz CT molecular complexity index is 367. The van der Waals surface area contributed by atoms with E-state index in [4.69, 9.17) is 22.3 Å². The quantitative estimate of drug-likeness (QED) is 0.463. The van der Waals surface area contributed by atoms with Gasteiger partial charge in [-0.25, -0.2) is 0 Å². The van der Waals surface area contributed by atoms with Crippen LogP contribution in [0, 0.1) is 0 Å². The van der Waals surface area contributed by atoms with E-state index >= 15 is 0 Å². The molecule has 1 N–H and O–H groups in total. The molecule has 14 heavy (non-hydrogen) atoms. The molecular formula is C9H10Cl2N2S. The summed E-state index contributed by atoms with van der Waals surface area (Å²) in [5.74, 6) is 0. The smallest absolute Gasteiger partial charge is 0.193 e. The maximum atomic E-state index is 6.05. The Morgan fingerprint density at radius 2 is 2.36 bits per heavy atom. The first-order chi connectivity index (χ1) is 6.70. The molecule has 1 atom stereocenters. The van der Waals surface area contributed by atoms with Crippen LogP contribution in [0.2, 0.25) is 0 Å². The Balaban J connectivity index is 3.04. The molecule has 0 aromatic carbocycles. The highest BCUT2D eigenvalue weighted by Crippen LogP contribution is 2.31. The van der Waals surface area contributed by atoms with Crippen LogP contribution in [-0.2, 0) is 0 Å². The highest BCUT2D eigenvalue weighted by molar-refractivity contribution is 8.47. The number of rotatable bonds is 3. The molecule has 0 amide bonds. The van der Waals surface area contributed by atoms with Crippen molar-refractivity contribution in [2.75, 3.05) is 0 Å². The molecule has 0 aromatic heterocycles. The van der Waals surface area contributed by atoms with Gasteiger partial charge in [-0.1, -0.05) is 42.5 Å². The molecular weight excluding hydrogens is 239 g/mol. The molecule has 0 saturated heterocycles. The molecule has 0 saturated carbocycles. The topological polar surface area (TPSA) is 24.4 Å². The third-order valence-corrected chi connectivity index (χ3v) is 4.24. The number of hydrogen-bond acceptors (Lipinski definition) is 2. The van der Waals surface area contributed by atoms with E-state index in [0.29, 0.717) is 4.50 Å². The average molecular weight is 249 g/mol. The number of nitrogens with zero attached hydrogens (tertiary/aromatic N) is 1. The molecule has 0 radical (unpaired) electrons. The van der Waals surface area contributed by atoms with Crippen LogP contribution in [0.25, 0.3) is 0 Å². The molecule has 76 valence electrons. The van der Waals surface area contributed by atoms with Crippen LogP contribution in [-0.4, -0.2) is 9.49 Å². The largest absolute Gasteiger partial charge is 0.269 e. The molecule has 0 fully saturated rings. The summed E-state index contributed by atoms with van der Waals surface area (Å²) >= 11 is 5.77. The van der Waals surface area contributed by atoms with Gasteiger partial charge in [0.1, 0.15) is 4.99 Å². The lowest BCUT2D eigenvalue weighted by Gasteiger charge is -2.02. The Labute approximate surface area is 95.4 Å². The maximum absolute atomic E-state index is 6.05. The van der Waals surface area contributed by atoms with Gasteiger partial charge in [0, 0.05) is 5.57 Å². The van der Waals surface area contributed by atoms with E-state index in [9.17, 15) is 0 Å². The summed E-state index contributed by atoms with van der Waals surface area (Å²) in [5.41, 5.74) is 3.76. The van der Waals surface area contributed by atoms with Gasteiger partial charge >= 0.3 is 0 Å². The Kier molecular flexibility index (Phi) is 4.45. The fourth-order valence-corrected chi connectivity index (χ4v) is 2.45. The minimum atomic E-state index is -0.663. The summed E-state index contributed by atoms with van der Waals surface area (Å²) in [7, 11) is 5.39. The van der Waals surface area contributed by atoms with Gasteiger partial charge in [0.25, 0.3) is 0 Å². The molecule has 1 unspecified atom stereocenters. The van der Waals surface area contributed by atoms with E-state index in [-0.39, 0.29) is 0 Å². The molecule has 1 aliphatic rings. The average Bonchev–Trinajstić information content (AvgIpc) is 2.48. The van der Waals surface area contributed by atoms with Crippen molar-refractivity contribution in [3.05, 3.63) is 36.5 Å². The lowest BCUT2D eigenvalue weighted by atomic mass is 10.2. The number of allylic oxidation sites excluding steroid dienone is 3. The number of hydrogen-bond donors (Lipinski definition) is 1. The number of nitrogens with one attached hydrogen (secondary N) is 1. The Hall–Kier alpha value is -0.510. The van der Waals surface area contributed by atoms with Gasteiger partial charge in [-0.15, -0.1) is 0 Å². The molecule has 0 aromatic rings. The monoisotopic (exact) mass is 248 g/mol. The summed E-state index contributed by atoms with van der Waals surface area (Å²) < 4.78 is 0.390. The predicted octanol–water partition coefficient (Wildman–Crippen LogP) is 3.34. The SMILES string of the molecule is C=C/C=C(\C=C/C)C1=S(Cl)C(Cl)=NN1. The van der Waals surface area contributed by atoms with E-state index in [1.54, 1.807) is 6.08 Å². The maximum Gasteiger partial charge on any atom is 0.193 e. The normalized spacial score (nSPS) is 22.5. The van der Waals surface area contributed by atoms with Crippen molar-refractivity contribution >= 4 is 41.5 Å². The van der Waals surface area contributed by atoms with E-state index in [1.807, 2.05) is 25.2 Å². The lowest BCUT2D eigenvalue weighted by molar-refractivity contribution is 1.06. The van der Waals surface area contributed by atoms with Gasteiger partial charge in [-0.3, -0.25) is 5.43 Å². The molecule has 0 aliphatic carbocycles. The van der Waals surface area contributed by atoms with E-state index < -0.39 is 9.70 Å². The zero-order valence-electron chi connectivity index (χ0n) is 7.63. The van der Waals surface area contributed by atoms with Crippen molar-refractivity contribution in [2.45, 2.75) is 6.92 Å². The summed E-state index contributed by atoms with van der Waals surface area (Å²) in [6, 6.07) is 0. The summed E-state index contributed by atoms with van der Waals surface area (Å²) in [6.07, 6.45) is 7.40. The molecule has 1 aliphatic heterocycles. The van der Waals surface area contributed by atoms with Crippen LogP contribution in [0.4, 0.5) is 0 Å². The van der Waals surface area contributed by atoms with Crippen molar-refractivity contribution in [1.29, 1.82) is 0 Å². The number of hydrazone groups is 1. The fourth-order valence-electron chi connectivity index (χ4n) is 0.941. The van der Waals surface area contributed by atoms with Crippen LogP contribution in [0.5, 0.6) is 0 Å². The van der Waals surface area contributed by atoms with E-state index in [2.05, 4.69) is 17.1 Å². The standard InChI is InChI=1S/C9H10Cl2N2S/c1-3-5-7(6-4-2)8-12-13-9(10)14(8)11/h3-6,12H,1H2,2H3/b6-4-,7-5+. The second kappa shape index (κ2) is 5.39. The number of halogens is 2. The highest BCUT2D eigenvalue weighted by Gasteiger charge is 2.16. The second-order valence-corrected chi connectivity index (χ2v) is 5.24. The third-order valence-electron chi connectivity index (χ3n) is 1.48. The van der Waals surface area contributed by atoms with Crippen LogP contribution >= 0.6 is 32.0 Å². The lowest BCUT2D eigenvalue weighted by Crippen LogP contribution is -2.14. The Morgan fingerprint density at radius 1 is 1.64 bits per heavy atom. The van der Waals surface area contributed by atoms with Crippen molar-refractivity contribution in [3.63, 3.8) is 0 Å². The molecule has 1 rings (SSSR count). The van der Waals surface area contributed by atoms with Gasteiger partial charge < -0.3 is 0 Å². The van der Waals surface area contributed by atoms with Crippen LogP contribution < -0.4 is 5.43 Å². The summed E-state index contributed by atoms with van der Waals surface area (Å²) in [6.45, 7) is 5.57. The van der Waals surface area contributed by atoms with Gasteiger partial charge in [0.05, 0.1) is 0 Å². The van der Waals surface area contributed by atoms with Gasteiger partial charge in [-0.2, -0.15) is 5.10 Å². The predicted molar refractivity (Wildman–Crippen MR) is 68.0 cm³/mol. The van der Waals surface area contributed by atoms with Crippen molar-refractivity contribution in [2.24, 2.45) is 5.10 Å². The van der Waals surface area contributed by atoms with Crippen molar-refractivity contribution in [1.82, 2.24) is 5.43 Å². The molecule has 5 heteroatoms. The van der Waals surface area contributed by atoms with Gasteiger partial charge in [0.15, 0.2) is 4.50 Å². The van der Waals surface area contributed by atoms with Crippen LogP contribution in [0.1, 0.15) is 6.92 Å². The van der Waals surface area contributed by atoms with Gasteiger partial charge in [-0.05, 0) is 27.3 Å². The fraction of sp³-hybridized carbons (Fsp3) is 0.111. The minimum Gasteiger partial charge on any atom is -0.269 e. The third kappa shape index (κ3) is 2.50. The first-order valence-electron chi connectivity index (χ1n) is 3.93. The summed E-state index contributed by atoms with van der Waals surface area (Å²) in [4.78, 5) is 0.815. The van der Waals surface area contributed by atoms with Crippen molar-refractivity contribution < 1.29 is 0 Å². The zero-order valence-corrected chi connectivity index (χ0v) is 9.96. The molecule has 1 heterocycles. The van der Waals surface area contributed by atoms with Crippen LogP contribution in [0.3, 0.4) is 0 Å². The highest BCUT2D eigenvalue weighted by atomic mass is 35.7. The van der Waals surface area contributed by atoms with E-state index in [0.717, 1.165) is 10.6 Å². The summed E-state index contributed by atoms with van der Waals surface area (Å²) in [5, 5.41) is 3.85. The minimum absolute atomic E-state index is 0.390. The zero-order chi connectivity index (χ0) is 10.6. The van der Waals surface area contributed by atoms with Crippen LogP contribution in [0.15, 0.2) is 41.6 Å².